The van der Waals surface area contributed by atoms with Crippen molar-refractivity contribution >= 4 is 39.8 Å². The van der Waals surface area contributed by atoms with Gasteiger partial charge >= 0.3 is 0 Å². The Labute approximate surface area is 154 Å². The minimum Gasteiger partial charge on any atom is -0.481 e. The summed E-state index contributed by atoms with van der Waals surface area (Å²) in [7, 11) is 1.72. The summed E-state index contributed by atoms with van der Waals surface area (Å²) in [6, 6.07) is 12.7. The fourth-order valence-corrected chi connectivity index (χ4v) is 3.12. The van der Waals surface area contributed by atoms with Gasteiger partial charge in [0, 0.05) is 46.8 Å². The van der Waals surface area contributed by atoms with Gasteiger partial charge in [-0.15, -0.1) is 0 Å². The number of benzene rings is 2. The predicted molar refractivity (Wildman–Crippen MR) is 102 cm³/mol. The molecule has 6 nitrogen and oxygen atoms in total. The zero-order chi connectivity index (χ0) is 18.3. The molecule has 0 saturated carbocycles. The molecule has 26 heavy (non-hydrogen) atoms. The summed E-state index contributed by atoms with van der Waals surface area (Å²) in [6.07, 6.45) is 0. The molecule has 2 heterocycles. The number of ether oxygens (including phenoxy) is 1. The number of carbonyl (C=O) groups is 1. The van der Waals surface area contributed by atoms with E-state index in [1.54, 1.807) is 24.1 Å². The number of nitrogens with zero attached hydrogens (tertiary/aromatic N) is 1. The Hall–Kier alpha value is -2.99. The molecule has 2 aromatic carbocycles. The van der Waals surface area contributed by atoms with Crippen LogP contribution in [0.4, 0.5) is 11.4 Å². The maximum absolute atomic E-state index is 12.3. The molecule has 1 aliphatic heterocycles. The second-order valence-corrected chi connectivity index (χ2v) is 6.57. The Bertz CT molecular complexity index is 1080. The van der Waals surface area contributed by atoms with E-state index in [0.29, 0.717) is 22.9 Å². The van der Waals surface area contributed by atoms with Gasteiger partial charge in [0.15, 0.2) is 6.61 Å². The Morgan fingerprint density at radius 3 is 2.88 bits per heavy atom. The van der Waals surface area contributed by atoms with Crippen LogP contribution in [0.3, 0.4) is 0 Å². The van der Waals surface area contributed by atoms with Gasteiger partial charge in [-0.05, 0) is 36.4 Å². The molecule has 1 aromatic heterocycles. The van der Waals surface area contributed by atoms with Crippen LogP contribution < -0.4 is 20.5 Å². The third-order valence-corrected chi connectivity index (χ3v) is 4.65. The molecule has 1 aliphatic rings. The summed E-state index contributed by atoms with van der Waals surface area (Å²) in [4.78, 5) is 28.3. The van der Waals surface area contributed by atoms with Gasteiger partial charge in [0.2, 0.25) is 0 Å². The van der Waals surface area contributed by atoms with Crippen LogP contribution >= 0.6 is 11.6 Å². The number of nitrogens with one attached hydrogen (secondary N) is 2. The van der Waals surface area contributed by atoms with E-state index < -0.39 is 0 Å². The highest BCUT2D eigenvalue weighted by Crippen LogP contribution is 2.33. The lowest BCUT2D eigenvalue weighted by Gasteiger charge is -2.26. The number of H-pyrrole nitrogens is 1. The number of aromatic nitrogens is 1. The minimum absolute atomic E-state index is 0.0258. The summed E-state index contributed by atoms with van der Waals surface area (Å²) in [5.74, 6) is 0.552. The first kappa shape index (κ1) is 16.5. The van der Waals surface area contributed by atoms with Crippen molar-refractivity contribution in [1.29, 1.82) is 0 Å². The zero-order valence-corrected chi connectivity index (χ0v) is 14.8. The molecule has 3 aromatic rings. The number of carbonyl (C=O) groups excluding carboxylic acids is 1. The summed E-state index contributed by atoms with van der Waals surface area (Å²) in [6.45, 7) is 0.378. The molecule has 0 fully saturated rings. The number of hydrogen-bond acceptors (Lipinski definition) is 4. The molecule has 132 valence electrons. The average molecular weight is 370 g/mol. The van der Waals surface area contributed by atoms with Crippen LogP contribution in [0.15, 0.2) is 47.3 Å². The third kappa shape index (κ3) is 2.99. The number of anilines is 2. The van der Waals surface area contributed by atoms with Crippen molar-refractivity contribution in [2.45, 2.75) is 6.54 Å². The third-order valence-electron chi connectivity index (χ3n) is 4.41. The van der Waals surface area contributed by atoms with Gasteiger partial charge in [-0.3, -0.25) is 9.59 Å². The average Bonchev–Trinajstić information content (AvgIpc) is 2.63. The number of likely N-dealkylation sites (N-methyl/N-ethyl adjacent to an activating group) is 1. The molecule has 0 bridgehead atoms. The second kappa shape index (κ2) is 6.38. The standard InChI is InChI=1S/C19H16ClN3O3/c1-23-16-5-3-14(8-17(16)26-10-18(23)24)21-9-12-6-11-7-13(20)2-4-15(11)22-19(12)25/h2-8,21H,9-10H2,1H3,(H,22,25). The minimum atomic E-state index is -0.146. The van der Waals surface area contributed by atoms with E-state index in [0.717, 1.165) is 22.3 Å². The summed E-state index contributed by atoms with van der Waals surface area (Å²) < 4.78 is 5.48. The molecule has 2 N–H and O–H groups in total. The number of amides is 1. The molecule has 4 rings (SSSR count). The number of halogens is 1. The number of fused-ring (bicyclic) bond motifs is 2. The van der Waals surface area contributed by atoms with Crippen LogP contribution in [0.1, 0.15) is 5.56 Å². The lowest BCUT2D eigenvalue weighted by atomic mass is 10.1. The van der Waals surface area contributed by atoms with E-state index >= 15 is 0 Å². The van der Waals surface area contributed by atoms with Crippen molar-refractivity contribution in [3.63, 3.8) is 0 Å². The first-order valence-electron chi connectivity index (χ1n) is 8.10. The first-order valence-corrected chi connectivity index (χ1v) is 8.48. The van der Waals surface area contributed by atoms with Crippen molar-refractivity contribution < 1.29 is 9.53 Å². The van der Waals surface area contributed by atoms with E-state index in [9.17, 15) is 9.59 Å². The highest BCUT2D eigenvalue weighted by molar-refractivity contribution is 6.31. The number of pyridine rings is 1. The quantitative estimate of drug-likeness (QED) is 0.743. The molecule has 0 unspecified atom stereocenters. The molecule has 1 amide bonds. The van der Waals surface area contributed by atoms with Crippen LogP contribution in [-0.4, -0.2) is 24.5 Å². The molecular weight excluding hydrogens is 354 g/mol. The monoisotopic (exact) mass is 369 g/mol. The maximum Gasteiger partial charge on any atom is 0.264 e. The van der Waals surface area contributed by atoms with Crippen molar-refractivity contribution in [2.75, 3.05) is 23.9 Å². The molecule has 0 spiro atoms. The maximum atomic E-state index is 12.3. The normalized spacial score (nSPS) is 13.5. The molecular formula is C19H16ClN3O3. The van der Waals surface area contributed by atoms with Crippen LogP contribution in [0, 0.1) is 0 Å². The van der Waals surface area contributed by atoms with E-state index in [4.69, 9.17) is 16.3 Å². The van der Waals surface area contributed by atoms with Gasteiger partial charge in [-0.2, -0.15) is 0 Å². The second-order valence-electron chi connectivity index (χ2n) is 6.13. The van der Waals surface area contributed by atoms with E-state index in [-0.39, 0.29) is 18.1 Å². The molecule has 0 radical (unpaired) electrons. The van der Waals surface area contributed by atoms with E-state index in [1.807, 2.05) is 30.3 Å². The highest BCUT2D eigenvalue weighted by atomic mass is 35.5. The molecule has 0 saturated heterocycles. The lowest BCUT2D eigenvalue weighted by molar-refractivity contribution is -0.120. The highest BCUT2D eigenvalue weighted by Gasteiger charge is 2.22. The van der Waals surface area contributed by atoms with Crippen LogP contribution in [0.2, 0.25) is 5.02 Å². The van der Waals surface area contributed by atoms with Crippen LogP contribution in [0.25, 0.3) is 10.9 Å². The Morgan fingerprint density at radius 1 is 1.19 bits per heavy atom. The van der Waals surface area contributed by atoms with Gasteiger partial charge in [-0.25, -0.2) is 0 Å². The summed E-state index contributed by atoms with van der Waals surface area (Å²) in [5.41, 5.74) is 2.73. The first-order chi connectivity index (χ1) is 12.5. The predicted octanol–water partition coefficient (Wildman–Crippen LogP) is 3.15. The van der Waals surface area contributed by atoms with E-state index in [2.05, 4.69) is 10.3 Å². The van der Waals surface area contributed by atoms with Crippen molar-refractivity contribution in [3.8, 4) is 5.75 Å². The molecule has 7 heteroatoms. The van der Waals surface area contributed by atoms with Gasteiger partial charge in [0.25, 0.3) is 11.5 Å². The van der Waals surface area contributed by atoms with Gasteiger partial charge in [-0.1, -0.05) is 11.6 Å². The summed E-state index contributed by atoms with van der Waals surface area (Å²) >= 11 is 6.02. The fraction of sp³-hybridized carbons (Fsp3) is 0.158. The number of aromatic amines is 1. The van der Waals surface area contributed by atoms with Gasteiger partial charge in [0.1, 0.15) is 5.75 Å². The van der Waals surface area contributed by atoms with Gasteiger partial charge < -0.3 is 19.9 Å². The number of rotatable bonds is 3. The number of hydrogen-bond donors (Lipinski definition) is 2. The topological polar surface area (TPSA) is 74.4 Å². The molecule has 0 atom stereocenters. The zero-order valence-electron chi connectivity index (χ0n) is 14.0. The molecule has 0 aliphatic carbocycles. The smallest absolute Gasteiger partial charge is 0.264 e. The summed E-state index contributed by atoms with van der Waals surface area (Å²) in [5, 5.41) is 4.72. The van der Waals surface area contributed by atoms with Crippen molar-refractivity contribution in [2.24, 2.45) is 0 Å². The van der Waals surface area contributed by atoms with Crippen molar-refractivity contribution in [1.82, 2.24) is 4.98 Å². The van der Waals surface area contributed by atoms with E-state index in [1.165, 1.54) is 0 Å². The van der Waals surface area contributed by atoms with Gasteiger partial charge in [0.05, 0.1) is 5.69 Å². The fourth-order valence-electron chi connectivity index (χ4n) is 2.94. The largest absolute Gasteiger partial charge is 0.481 e. The van der Waals surface area contributed by atoms with Crippen LogP contribution in [-0.2, 0) is 11.3 Å². The SMILES string of the molecule is CN1C(=O)COc2cc(NCc3cc4cc(Cl)ccc4[nH]c3=O)ccc21. The van der Waals surface area contributed by atoms with Crippen molar-refractivity contribution in [3.05, 3.63) is 63.4 Å². The Kier molecular flexibility index (Phi) is 4.05. The Balaban J connectivity index is 1.58. The Morgan fingerprint density at radius 2 is 2.04 bits per heavy atom. The van der Waals surface area contributed by atoms with Crippen LogP contribution in [0.5, 0.6) is 5.75 Å². The lowest BCUT2D eigenvalue weighted by Crippen LogP contribution is -2.35.